The Morgan fingerprint density at radius 1 is 1.22 bits per heavy atom. The molecular formula is C18H23N3O2. The molecule has 0 aliphatic heterocycles. The molecule has 23 heavy (non-hydrogen) atoms. The number of nitrogens with one attached hydrogen (secondary N) is 2. The molecular weight excluding hydrogens is 290 g/mol. The number of pyridine rings is 1. The lowest BCUT2D eigenvalue weighted by Crippen LogP contribution is -2.17. The van der Waals surface area contributed by atoms with Crippen LogP contribution < -0.4 is 15.4 Å². The van der Waals surface area contributed by atoms with Crippen molar-refractivity contribution in [1.29, 1.82) is 0 Å². The predicted molar refractivity (Wildman–Crippen MR) is 92.9 cm³/mol. The van der Waals surface area contributed by atoms with Crippen LogP contribution in [0.15, 0.2) is 42.6 Å². The second-order valence-corrected chi connectivity index (χ2v) is 5.56. The Hall–Kier alpha value is -2.56. The number of hydrogen-bond acceptors (Lipinski definition) is 4. The number of amides is 1. The molecule has 0 fully saturated rings. The summed E-state index contributed by atoms with van der Waals surface area (Å²) in [5, 5.41) is 6.09. The SMILES string of the molecule is COc1ccccc1CCNc1ccc(NC(=O)C(C)C)cn1. The number of carbonyl (C=O) groups is 1. The number of methoxy groups -OCH3 is 1. The quantitative estimate of drug-likeness (QED) is 0.823. The average molecular weight is 313 g/mol. The number of ether oxygens (including phenoxy) is 1. The normalized spacial score (nSPS) is 10.4. The van der Waals surface area contributed by atoms with E-state index in [-0.39, 0.29) is 11.8 Å². The maximum absolute atomic E-state index is 11.6. The number of anilines is 2. The van der Waals surface area contributed by atoms with E-state index in [0.717, 1.165) is 30.1 Å². The molecule has 2 N–H and O–H groups in total. The fraction of sp³-hybridized carbons (Fsp3) is 0.333. The minimum atomic E-state index is -0.0475. The summed E-state index contributed by atoms with van der Waals surface area (Å²) in [7, 11) is 1.68. The predicted octanol–water partition coefficient (Wildman–Crippen LogP) is 3.34. The number of benzene rings is 1. The minimum absolute atomic E-state index is 0.0105. The van der Waals surface area contributed by atoms with Gasteiger partial charge in [-0.2, -0.15) is 0 Å². The van der Waals surface area contributed by atoms with Crippen LogP contribution in [0.4, 0.5) is 11.5 Å². The zero-order valence-corrected chi connectivity index (χ0v) is 13.8. The van der Waals surface area contributed by atoms with Gasteiger partial charge in [-0.3, -0.25) is 4.79 Å². The maximum Gasteiger partial charge on any atom is 0.226 e. The highest BCUT2D eigenvalue weighted by atomic mass is 16.5. The molecule has 0 bridgehead atoms. The smallest absolute Gasteiger partial charge is 0.226 e. The van der Waals surface area contributed by atoms with E-state index in [0.29, 0.717) is 5.69 Å². The van der Waals surface area contributed by atoms with Gasteiger partial charge < -0.3 is 15.4 Å². The summed E-state index contributed by atoms with van der Waals surface area (Å²) < 4.78 is 5.34. The Balaban J connectivity index is 1.85. The second-order valence-electron chi connectivity index (χ2n) is 5.56. The number of hydrogen-bond donors (Lipinski definition) is 2. The molecule has 122 valence electrons. The van der Waals surface area contributed by atoms with Crippen molar-refractivity contribution in [2.75, 3.05) is 24.3 Å². The van der Waals surface area contributed by atoms with Gasteiger partial charge in [-0.15, -0.1) is 0 Å². The van der Waals surface area contributed by atoms with Crippen molar-refractivity contribution in [2.24, 2.45) is 5.92 Å². The van der Waals surface area contributed by atoms with Crippen molar-refractivity contribution in [2.45, 2.75) is 20.3 Å². The molecule has 5 nitrogen and oxygen atoms in total. The third kappa shape index (κ3) is 4.98. The first kappa shape index (κ1) is 16.8. The lowest BCUT2D eigenvalue weighted by atomic mass is 10.1. The Labute approximate surface area is 137 Å². The lowest BCUT2D eigenvalue weighted by Gasteiger charge is -2.10. The molecule has 1 heterocycles. The highest BCUT2D eigenvalue weighted by Gasteiger charge is 2.07. The van der Waals surface area contributed by atoms with Gasteiger partial charge in [-0.25, -0.2) is 4.98 Å². The van der Waals surface area contributed by atoms with Crippen LogP contribution >= 0.6 is 0 Å². The van der Waals surface area contributed by atoms with Gasteiger partial charge in [-0.1, -0.05) is 32.0 Å². The molecule has 0 unspecified atom stereocenters. The molecule has 5 heteroatoms. The number of carbonyl (C=O) groups excluding carboxylic acids is 1. The van der Waals surface area contributed by atoms with Crippen molar-refractivity contribution in [3.05, 3.63) is 48.2 Å². The van der Waals surface area contributed by atoms with Gasteiger partial charge in [0.1, 0.15) is 11.6 Å². The van der Waals surface area contributed by atoms with Crippen LogP contribution in [0.3, 0.4) is 0 Å². The van der Waals surface area contributed by atoms with E-state index in [1.807, 2.05) is 44.2 Å². The topological polar surface area (TPSA) is 63.2 Å². The van der Waals surface area contributed by atoms with Gasteiger partial charge >= 0.3 is 0 Å². The van der Waals surface area contributed by atoms with E-state index >= 15 is 0 Å². The number of aromatic nitrogens is 1. The monoisotopic (exact) mass is 313 g/mol. The van der Waals surface area contributed by atoms with Gasteiger partial charge in [0.25, 0.3) is 0 Å². The second kappa shape index (κ2) is 8.17. The molecule has 2 aromatic rings. The first-order chi connectivity index (χ1) is 11.1. The van der Waals surface area contributed by atoms with Gasteiger partial charge in [0.15, 0.2) is 0 Å². The fourth-order valence-electron chi connectivity index (χ4n) is 2.09. The molecule has 0 atom stereocenters. The number of para-hydroxylation sites is 1. The van der Waals surface area contributed by atoms with Crippen molar-refractivity contribution < 1.29 is 9.53 Å². The molecule has 1 aromatic heterocycles. The fourth-order valence-corrected chi connectivity index (χ4v) is 2.09. The van der Waals surface area contributed by atoms with E-state index in [1.165, 1.54) is 0 Å². The van der Waals surface area contributed by atoms with Gasteiger partial charge in [0.05, 0.1) is 19.0 Å². The van der Waals surface area contributed by atoms with E-state index in [1.54, 1.807) is 13.3 Å². The summed E-state index contributed by atoms with van der Waals surface area (Å²) in [6.45, 7) is 4.47. The van der Waals surface area contributed by atoms with E-state index in [9.17, 15) is 4.79 Å². The molecule has 0 saturated carbocycles. The van der Waals surface area contributed by atoms with Gasteiger partial charge in [0.2, 0.25) is 5.91 Å². The Morgan fingerprint density at radius 2 is 2.00 bits per heavy atom. The van der Waals surface area contributed by atoms with Crippen LogP contribution in [-0.2, 0) is 11.2 Å². The molecule has 0 aliphatic carbocycles. The van der Waals surface area contributed by atoms with Crippen LogP contribution in [0.25, 0.3) is 0 Å². The summed E-state index contributed by atoms with van der Waals surface area (Å²) in [4.78, 5) is 15.9. The van der Waals surface area contributed by atoms with Crippen molar-refractivity contribution in [3.63, 3.8) is 0 Å². The molecule has 1 aromatic carbocycles. The summed E-state index contributed by atoms with van der Waals surface area (Å²) in [6.07, 6.45) is 2.50. The summed E-state index contributed by atoms with van der Waals surface area (Å²) in [6, 6.07) is 11.7. The highest BCUT2D eigenvalue weighted by Crippen LogP contribution is 2.18. The third-order valence-electron chi connectivity index (χ3n) is 3.45. The molecule has 2 rings (SSSR count). The first-order valence-corrected chi connectivity index (χ1v) is 7.73. The van der Waals surface area contributed by atoms with Crippen LogP contribution in [0.2, 0.25) is 0 Å². The van der Waals surface area contributed by atoms with Crippen LogP contribution in [0, 0.1) is 5.92 Å². The Bertz CT molecular complexity index is 639. The number of rotatable bonds is 7. The minimum Gasteiger partial charge on any atom is -0.496 e. The van der Waals surface area contributed by atoms with Crippen molar-refractivity contribution in [3.8, 4) is 5.75 Å². The summed E-state index contributed by atoms with van der Waals surface area (Å²) in [5.74, 6) is 1.62. The Morgan fingerprint density at radius 3 is 2.65 bits per heavy atom. The molecule has 0 saturated heterocycles. The molecule has 0 radical (unpaired) electrons. The molecule has 0 aliphatic rings. The first-order valence-electron chi connectivity index (χ1n) is 7.73. The third-order valence-corrected chi connectivity index (χ3v) is 3.45. The molecule has 0 spiro atoms. The van der Waals surface area contributed by atoms with Crippen molar-refractivity contribution in [1.82, 2.24) is 4.98 Å². The highest BCUT2D eigenvalue weighted by molar-refractivity contribution is 5.91. The lowest BCUT2D eigenvalue weighted by molar-refractivity contribution is -0.118. The van der Waals surface area contributed by atoms with Crippen molar-refractivity contribution >= 4 is 17.4 Å². The zero-order valence-electron chi connectivity index (χ0n) is 13.8. The largest absolute Gasteiger partial charge is 0.496 e. The van der Waals surface area contributed by atoms with Crippen LogP contribution in [0.5, 0.6) is 5.75 Å². The number of nitrogens with zero attached hydrogens (tertiary/aromatic N) is 1. The van der Waals surface area contributed by atoms with Crippen LogP contribution in [0.1, 0.15) is 19.4 Å². The summed E-state index contributed by atoms with van der Waals surface area (Å²) >= 11 is 0. The van der Waals surface area contributed by atoms with Gasteiger partial charge in [0, 0.05) is 12.5 Å². The summed E-state index contributed by atoms with van der Waals surface area (Å²) in [5.41, 5.74) is 1.86. The molecule has 1 amide bonds. The zero-order chi connectivity index (χ0) is 16.7. The van der Waals surface area contributed by atoms with Gasteiger partial charge in [-0.05, 0) is 30.2 Å². The standard InChI is InChI=1S/C18H23N3O2/c1-13(2)18(22)21-15-8-9-17(20-12-15)19-11-10-14-6-4-5-7-16(14)23-3/h4-9,12-13H,10-11H2,1-3H3,(H,19,20)(H,21,22). The average Bonchev–Trinajstić information content (AvgIpc) is 2.56. The Kier molecular flexibility index (Phi) is 5.97. The maximum atomic E-state index is 11.6. The van der Waals surface area contributed by atoms with E-state index in [2.05, 4.69) is 21.7 Å². The van der Waals surface area contributed by atoms with Crippen LogP contribution in [-0.4, -0.2) is 24.5 Å². The van der Waals surface area contributed by atoms with E-state index < -0.39 is 0 Å². The van der Waals surface area contributed by atoms with E-state index in [4.69, 9.17) is 4.74 Å².